The molecule has 0 radical (unpaired) electrons. The lowest BCUT2D eigenvalue weighted by molar-refractivity contribution is -0.138. The van der Waals surface area contributed by atoms with E-state index in [-0.39, 0.29) is 18.4 Å². The van der Waals surface area contributed by atoms with E-state index in [0.29, 0.717) is 24.9 Å². The van der Waals surface area contributed by atoms with Crippen LogP contribution in [0.5, 0.6) is 0 Å². The van der Waals surface area contributed by atoms with Crippen LogP contribution in [0.1, 0.15) is 51.9 Å². The molecule has 2 rings (SSSR count). The Hall–Kier alpha value is -1.26. The van der Waals surface area contributed by atoms with Crippen LogP contribution < -0.4 is 5.32 Å². The number of carbonyl (C=O) groups is 2. The number of hydrogen-bond donors (Lipinski definition) is 2. The molecular formula is C16H28N2O3. The molecule has 2 aliphatic rings. The molecule has 2 N–H and O–H groups in total. The Morgan fingerprint density at radius 1 is 1.14 bits per heavy atom. The van der Waals surface area contributed by atoms with Crippen LogP contribution in [0.2, 0.25) is 0 Å². The van der Waals surface area contributed by atoms with Gasteiger partial charge < -0.3 is 15.3 Å². The van der Waals surface area contributed by atoms with Crippen LogP contribution in [0.4, 0.5) is 4.79 Å². The minimum absolute atomic E-state index is 0.0292. The molecule has 1 saturated carbocycles. The Morgan fingerprint density at radius 2 is 1.81 bits per heavy atom. The first kappa shape index (κ1) is 16.1. The Balaban J connectivity index is 1.68. The normalized spacial score (nSPS) is 27.4. The Kier molecular flexibility index (Phi) is 5.88. The van der Waals surface area contributed by atoms with Gasteiger partial charge in [0.25, 0.3) is 0 Å². The number of carbonyl (C=O) groups excluding carboxylic acids is 1. The van der Waals surface area contributed by atoms with Crippen molar-refractivity contribution in [3.05, 3.63) is 0 Å². The molecule has 21 heavy (non-hydrogen) atoms. The molecule has 1 saturated heterocycles. The summed E-state index contributed by atoms with van der Waals surface area (Å²) >= 11 is 0. The molecule has 0 bridgehead atoms. The predicted molar refractivity (Wildman–Crippen MR) is 81.1 cm³/mol. The molecule has 0 aromatic heterocycles. The zero-order valence-electron chi connectivity index (χ0n) is 13.0. The predicted octanol–water partition coefficient (Wildman–Crippen LogP) is 2.71. The molecule has 2 amide bonds. The van der Waals surface area contributed by atoms with E-state index in [2.05, 4.69) is 12.2 Å². The second kappa shape index (κ2) is 7.66. The molecule has 0 spiro atoms. The van der Waals surface area contributed by atoms with Gasteiger partial charge in [0.15, 0.2) is 0 Å². The third-order valence-corrected chi connectivity index (χ3v) is 5.17. The number of piperidine rings is 1. The Labute approximate surface area is 127 Å². The number of nitrogens with one attached hydrogen (secondary N) is 1. The summed E-state index contributed by atoms with van der Waals surface area (Å²) in [5, 5.41) is 11.9. The van der Waals surface area contributed by atoms with Gasteiger partial charge in [-0.2, -0.15) is 0 Å². The smallest absolute Gasteiger partial charge is 0.317 e. The summed E-state index contributed by atoms with van der Waals surface area (Å²) in [5.74, 6) is 0.821. The molecule has 120 valence electrons. The van der Waals surface area contributed by atoms with Gasteiger partial charge in [-0.3, -0.25) is 4.79 Å². The van der Waals surface area contributed by atoms with Gasteiger partial charge in [0.1, 0.15) is 0 Å². The molecule has 2 fully saturated rings. The molecular weight excluding hydrogens is 268 g/mol. The number of carboxylic acid groups (broad SMARTS) is 1. The summed E-state index contributed by atoms with van der Waals surface area (Å²) in [4.78, 5) is 24.7. The van der Waals surface area contributed by atoms with E-state index in [1.807, 2.05) is 4.90 Å². The van der Waals surface area contributed by atoms with Gasteiger partial charge in [-0.05, 0) is 37.0 Å². The molecule has 1 heterocycles. The van der Waals surface area contributed by atoms with Crippen molar-refractivity contribution in [3.8, 4) is 0 Å². The SMILES string of the molecule is CC1CCCCC1CNC(=O)N1CCC(CC(=O)O)CC1. The largest absolute Gasteiger partial charge is 0.481 e. The summed E-state index contributed by atoms with van der Waals surface area (Å²) in [6, 6.07) is 0.0292. The minimum Gasteiger partial charge on any atom is -0.481 e. The minimum atomic E-state index is -0.732. The van der Waals surface area contributed by atoms with Gasteiger partial charge in [0, 0.05) is 26.1 Å². The van der Waals surface area contributed by atoms with E-state index >= 15 is 0 Å². The number of hydrogen-bond acceptors (Lipinski definition) is 2. The van der Waals surface area contributed by atoms with Gasteiger partial charge in [-0.1, -0.05) is 26.2 Å². The van der Waals surface area contributed by atoms with Gasteiger partial charge in [0.2, 0.25) is 0 Å². The van der Waals surface area contributed by atoms with Gasteiger partial charge in [-0.15, -0.1) is 0 Å². The monoisotopic (exact) mass is 296 g/mol. The Bertz CT molecular complexity index is 365. The maximum Gasteiger partial charge on any atom is 0.317 e. The maximum absolute atomic E-state index is 12.2. The number of carboxylic acids is 1. The zero-order chi connectivity index (χ0) is 15.2. The second-order valence-corrected chi connectivity index (χ2v) is 6.74. The van der Waals surface area contributed by atoms with Gasteiger partial charge in [0.05, 0.1) is 0 Å². The molecule has 5 nitrogen and oxygen atoms in total. The average molecular weight is 296 g/mol. The fourth-order valence-corrected chi connectivity index (χ4v) is 3.61. The van der Waals surface area contributed by atoms with Crippen LogP contribution in [0, 0.1) is 17.8 Å². The topological polar surface area (TPSA) is 69.6 Å². The molecule has 2 unspecified atom stereocenters. The van der Waals surface area contributed by atoms with Crippen molar-refractivity contribution in [3.63, 3.8) is 0 Å². The quantitative estimate of drug-likeness (QED) is 0.838. The third-order valence-electron chi connectivity index (χ3n) is 5.17. The lowest BCUT2D eigenvalue weighted by atomic mass is 9.80. The first-order valence-electron chi connectivity index (χ1n) is 8.31. The fourth-order valence-electron chi connectivity index (χ4n) is 3.61. The van der Waals surface area contributed by atoms with Crippen molar-refractivity contribution in [1.82, 2.24) is 10.2 Å². The van der Waals surface area contributed by atoms with Crippen molar-refractivity contribution in [2.75, 3.05) is 19.6 Å². The molecule has 0 aromatic rings. The van der Waals surface area contributed by atoms with E-state index in [0.717, 1.165) is 19.4 Å². The highest BCUT2D eigenvalue weighted by atomic mass is 16.4. The first-order valence-corrected chi connectivity index (χ1v) is 8.31. The van der Waals surface area contributed by atoms with Crippen molar-refractivity contribution in [2.24, 2.45) is 17.8 Å². The van der Waals surface area contributed by atoms with Crippen LogP contribution in [-0.4, -0.2) is 41.6 Å². The van der Waals surface area contributed by atoms with E-state index in [1.54, 1.807) is 0 Å². The highest BCUT2D eigenvalue weighted by Crippen LogP contribution is 2.29. The number of urea groups is 1. The number of amides is 2. The molecule has 0 aromatic carbocycles. The van der Waals surface area contributed by atoms with Crippen molar-refractivity contribution in [2.45, 2.75) is 51.9 Å². The third kappa shape index (κ3) is 4.90. The van der Waals surface area contributed by atoms with Crippen molar-refractivity contribution in [1.29, 1.82) is 0 Å². The van der Waals surface area contributed by atoms with Crippen LogP contribution in [0.25, 0.3) is 0 Å². The molecule has 5 heteroatoms. The first-order chi connectivity index (χ1) is 10.1. The van der Waals surface area contributed by atoms with Crippen LogP contribution in [0.15, 0.2) is 0 Å². The molecule has 2 atom stereocenters. The van der Waals surface area contributed by atoms with E-state index < -0.39 is 5.97 Å². The average Bonchev–Trinajstić information content (AvgIpc) is 2.46. The summed E-state index contributed by atoms with van der Waals surface area (Å²) in [6.07, 6.45) is 6.95. The van der Waals surface area contributed by atoms with Crippen LogP contribution in [0.3, 0.4) is 0 Å². The zero-order valence-corrected chi connectivity index (χ0v) is 13.0. The van der Waals surface area contributed by atoms with Crippen LogP contribution >= 0.6 is 0 Å². The number of nitrogens with zero attached hydrogens (tertiary/aromatic N) is 1. The Morgan fingerprint density at radius 3 is 2.43 bits per heavy atom. The van der Waals surface area contributed by atoms with Crippen molar-refractivity contribution < 1.29 is 14.7 Å². The standard InChI is InChI=1S/C16H28N2O3/c1-12-4-2-3-5-14(12)11-17-16(21)18-8-6-13(7-9-18)10-15(19)20/h12-14H,2-11H2,1H3,(H,17,21)(H,19,20). The summed E-state index contributed by atoms with van der Waals surface area (Å²) in [6.45, 7) is 4.44. The summed E-state index contributed by atoms with van der Waals surface area (Å²) < 4.78 is 0. The van der Waals surface area contributed by atoms with Crippen molar-refractivity contribution >= 4 is 12.0 Å². The van der Waals surface area contributed by atoms with E-state index in [1.165, 1.54) is 25.7 Å². The second-order valence-electron chi connectivity index (χ2n) is 6.74. The summed E-state index contributed by atoms with van der Waals surface area (Å²) in [7, 11) is 0. The van der Waals surface area contributed by atoms with E-state index in [9.17, 15) is 9.59 Å². The lowest BCUT2D eigenvalue weighted by Gasteiger charge is -2.33. The van der Waals surface area contributed by atoms with Crippen LogP contribution in [-0.2, 0) is 4.79 Å². The highest BCUT2D eigenvalue weighted by Gasteiger charge is 2.26. The number of likely N-dealkylation sites (tertiary alicyclic amines) is 1. The highest BCUT2D eigenvalue weighted by molar-refractivity contribution is 5.74. The van der Waals surface area contributed by atoms with E-state index in [4.69, 9.17) is 5.11 Å². The number of rotatable bonds is 4. The number of aliphatic carboxylic acids is 1. The fraction of sp³-hybridized carbons (Fsp3) is 0.875. The van der Waals surface area contributed by atoms with Gasteiger partial charge >= 0.3 is 12.0 Å². The molecule has 1 aliphatic heterocycles. The summed E-state index contributed by atoms with van der Waals surface area (Å²) in [5.41, 5.74) is 0. The van der Waals surface area contributed by atoms with Gasteiger partial charge in [-0.25, -0.2) is 4.79 Å². The molecule has 1 aliphatic carbocycles. The maximum atomic E-state index is 12.2. The lowest BCUT2D eigenvalue weighted by Crippen LogP contribution is -2.46.